The van der Waals surface area contributed by atoms with Crippen molar-refractivity contribution in [3.05, 3.63) is 199 Å². The van der Waals surface area contributed by atoms with Gasteiger partial charge in [0.1, 0.15) is 11.2 Å². The highest BCUT2D eigenvalue weighted by atomic mass is 16.3. The molecular formula is C53H37NO. The van der Waals surface area contributed by atoms with E-state index in [1.54, 1.807) is 0 Å². The van der Waals surface area contributed by atoms with Crippen LogP contribution in [0.2, 0.25) is 0 Å². The third kappa shape index (κ3) is 5.02. The first-order valence-electron chi connectivity index (χ1n) is 19.1. The predicted molar refractivity (Wildman–Crippen MR) is 232 cm³/mol. The van der Waals surface area contributed by atoms with Crippen LogP contribution >= 0.6 is 0 Å². The lowest BCUT2D eigenvalue weighted by molar-refractivity contribution is 0.660. The molecule has 0 N–H and O–H groups in total. The SMILES string of the molecule is CC1(C)c2ccccc2-c2ccc(N(c3ccc(-c4ccc5c(c4)oc4c6ccccc6ccc54)cc3)c3cccc(-c4ccc5ccccc5c4)c3)cc21. The summed E-state index contributed by atoms with van der Waals surface area (Å²) >= 11 is 0. The van der Waals surface area contributed by atoms with Crippen molar-refractivity contribution < 1.29 is 4.42 Å². The van der Waals surface area contributed by atoms with E-state index in [4.69, 9.17) is 4.42 Å². The Morgan fingerprint density at radius 2 is 1.02 bits per heavy atom. The van der Waals surface area contributed by atoms with Crippen LogP contribution in [0.3, 0.4) is 0 Å². The van der Waals surface area contributed by atoms with Gasteiger partial charge in [0, 0.05) is 38.6 Å². The molecule has 0 atom stereocenters. The molecule has 0 spiro atoms. The van der Waals surface area contributed by atoms with E-state index in [0.29, 0.717) is 0 Å². The van der Waals surface area contributed by atoms with Crippen molar-refractivity contribution in [2.75, 3.05) is 4.90 Å². The van der Waals surface area contributed by atoms with Gasteiger partial charge in [-0.3, -0.25) is 0 Å². The number of benzene rings is 9. The van der Waals surface area contributed by atoms with Crippen molar-refractivity contribution in [3.63, 3.8) is 0 Å². The molecule has 0 unspecified atom stereocenters. The van der Waals surface area contributed by atoms with Crippen molar-refractivity contribution in [2.24, 2.45) is 0 Å². The van der Waals surface area contributed by atoms with Crippen LogP contribution in [-0.2, 0) is 5.41 Å². The largest absolute Gasteiger partial charge is 0.455 e. The monoisotopic (exact) mass is 703 g/mol. The van der Waals surface area contributed by atoms with E-state index in [1.807, 2.05) is 0 Å². The maximum atomic E-state index is 6.55. The lowest BCUT2D eigenvalue weighted by atomic mass is 9.82. The van der Waals surface area contributed by atoms with Crippen LogP contribution in [0.5, 0.6) is 0 Å². The summed E-state index contributed by atoms with van der Waals surface area (Å²) in [7, 11) is 0. The fraction of sp³-hybridized carbons (Fsp3) is 0.0566. The van der Waals surface area contributed by atoms with Gasteiger partial charge in [0.05, 0.1) is 0 Å². The number of fused-ring (bicyclic) bond motifs is 9. The van der Waals surface area contributed by atoms with Gasteiger partial charge < -0.3 is 9.32 Å². The van der Waals surface area contributed by atoms with Crippen molar-refractivity contribution in [2.45, 2.75) is 19.3 Å². The molecule has 0 saturated heterocycles. The second-order valence-corrected chi connectivity index (χ2v) is 15.4. The number of nitrogens with zero attached hydrogens (tertiary/aromatic N) is 1. The van der Waals surface area contributed by atoms with Gasteiger partial charge in [-0.15, -0.1) is 0 Å². The van der Waals surface area contributed by atoms with Gasteiger partial charge in [-0.25, -0.2) is 0 Å². The van der Waals surface area contributed by atoms with Gasteiger partial charge in [-0.1, -0.05) is 141 Å². The van der Waals surface area contributed by atoms with E-state index >= 15 is 0 Å². The molecule has 0 amide bonds. The fourth-order valence-electron chi connectivity index (χ4n) is 8.96. The summed E-state index contributed by atoms with van der Waals surface area (Å²) in [6, 6.07) is 68.5. The van der Waals surface area contributed by atoms with Crippen LogP contribution in [-0.4, -0.2) is 0 Å². The van der Waals surface area contributed by atoms with Gasteiger partial charge in [0.25, 0.3) is 0 Å². The zero-order chi connectivity index (χ0) is 36.7. The first kappa shape index (κ1) is 31.6. The average molecular weight is 704 g/mol. The Morgan fingerprint density at radius 3 is 1.91 bits per heavy atom. The minimum absolute atomic E-state index is 0.105. The van der Waals surface area contributed by atoms with Crippen molar-refractivity contribution in [1.82, 2.24) is 0 Å². The topological polar surface area (TPSA) is 16.4 Å². The molecule has 2 nitrogen and oxygen atoms in total. The second-order valence-electron chi connectivity index (χ2n) is 15.4. The molecule has 0 bridgehead atoms. The first-order chi connectivity index (χ1) is 27.0. The second kappa shape index (κ2) is 12.1. The lowest BCUT2D eigenvalue weighted by Gasteiger charge is -2.28. The summed E-state index contributed by atoms with van der Waals surface area (Å²) in [5.41, 5.74) is 15.1. The molecule has 1 aliphatic rings. The third-order valence-corrected chi connectivity index (χ3v) is 11.8. The van der Waals surface area contributed by atoms with Gasteiger partial charge in [0.15, 0.2) is 0 Å². The Balaban J connectivity index is 1.02. The van der Waals surface area contributed by atoms with E-state index in [2.05, 4.69) is 207 Å². The van der Waals surface area contributed by atoms with E-state index in [1.165, 1.54) is 49.5 Å². The van der Waals surface area contributed by atoms with Crippen LogP contribution in [0, 0.1) is 0 Å². The number of hydrogen-bond acceptors (Lipinski definition) is 2. The standard InChI is InChI=1S/C53H37NO/c1-53(2)49-17-8-7-16-45(49)46-29-26-43(33-50(46)53)54(42-14-9-13-38(31-42)39-19-18-34-10-3-4-12-37(34)30-39)41-24-20-35(21-25-41)40-23-27-47-48-28-22-36-11-5-6-15-44(36)52(48)55-51(47)32-40/h3-33H,1-2H3. The zero-order valence-corrected chi connectivity index (χ0v) is 30.8. The van der Waals surface area contributed by atoms with Gasteiger partial charge in [-0.05, 0) is 121 Å². The van der Waals surface area contributed by atoms with E-state index in [9.17, 15) is 0 Å². The minimum atomic E-state index is -0.105. The van der Waals surface area contributed by atoms with Crippen LogP contribution in [0.4, 0.5) is 17.1 Å². The highest BCUT2D eigenvalue weighted by Crippen LogP contribution is 2.51. The molecular weight excluding hydrogens is 667 g/mol. The summed E-state index contributed by atoms with van der Waals surface area (Å²) in [5, 5.41) is 7.11. The van der Waals surface area contributed by atoms with Gasteiger partial charge in [0.2, 0.25) is 0 Å². The molecule has 9 aromatic carbocycles. The highest BCUT2D eigenvalue weighted by Gasteiger charge is 2.35. The Labute approximate surface area is 320 Å². The maximum absolute atomic E-state index is 6.55. The van der Waals surface area contributed by atoms with Crippen molar-refractivity contribution in [1.29, 1.82) is 0 Å². The molecule has 0 fully saturated rings. The Bertz CT molecular complexity index is 3130. The van der Waals surface area contributed by atoms with E-state index < -0.39 is 0 Å². The number of rotatable bonds is 5. The fourth-order valence-corrected chi connectivity index (χ4v) is 8.96. The maximum Gasteiger partial charge on any atom is 0.143 e. The van der Waals surface area contributed by atoms with Crippen LogP contribution in [0.1, 0.15) is 25.0 Å². The van der Waals surface area contributed by atoms with Gasteiger partial charge in [-0.2, -0.15) is 0 Å². The molecule has 1 aliphatic carbocycles. The van der Waals surface area contributed by atoms with Crippen LogP contribution < -0.4 is 4.90 Å². The molecule has 0 radical (unpaired) electrons. The van der Waals surface area contributed by atoms with Crippen LogP contribution in [0.15, 0.2) is 192 Å². The molecule has 0 aliphatic heterocycles. The normalized spacial score (nSPS) is 13.1. The number of furan rings is 1. The lowest BCUT2D eigenvalue weighted by Crippen LogP contribution is -2.16. The van der Waals surface area contributed by atoms with Gasteiger partial charge >= 0.3 is 0 Å². The van der Waals surface area contributed by atoms with Crippen LogP contribution in [0.25, 0.3) is 76.9 Å². The minimum Gasteiger partial charge on any atom is -0.455 e. The van der Waals surface area contributed by atoms with Crippen molar-refractivity contribution >= 4 is 60.5 Å². The molecule has 1 aromatic heterocycles. The summed E-state index contributed by atoms with van der Waals surface area (Å²) in [5.74, 6) is 0. The predicted octanol–water partition coefficient (Wildman–Crippen LogP) is 15.0. The molecule has 11 rings (SSSR count). The molecule has 0 saturated carbocycles. The average Bonchev–Trinajstić information content (AvgIpc) is 3.73. The Hall–Kier alpha value is -6.90. The Kier molecular flexibility index (Phi) is 6.93. The summed E-state index contributed by atoms with van der Waals surface area (Å²) in [6.45, 7) is 4.70. The number of anilines is 3. The Morgan fingerprint density at radius 1 is 0.382 bits per heavy atom. The summed E-state index contributed by atoms with van der Waals surface area (Å²) in [4.78, 5) is 2.40. The summed E-state index contributed by atoms with van der Waals surface area (Å²) < 4.78 is 6.55. The third-order valence-electron chi connectivity index (χ3n) is 11.8. The first-order valence-corrected chi connectivity index (χ1v) is 19.1. The smallest absolute Gasteiger partial charge is 0.143 e. The van der Waals surface area contributed by atoms with E-state index in [-0.39, 0.29) is 5.41 Å². The highest BCUT2D eigenvalue weighted by molar-refractivity contribution is 6.15. The number of hydrogen-bond donors (Lipinski definition) is 0. The molecule has 10 aromatic rings. The molecule has 1 heterocycles. The quantitative estimate of drug-likeness (QED) is 0.177. The molecule has 2 heteroatoms. The zero-order valence-electron chi connectivity index (χ0n) is 30.8. The molecule has 260 valence electrons. The molecule has 55 heavy (non-hydrogen) atoms. The van der Waals surface area contributed by atoms with Crippen molar-refractivity contribution in [3.8, 4) is 33.4 Å². The van der Waals surface area contributed by atoms with E-state index in [0.717, 1.165) is 55.5 Å². The summed E-state index contributed by atoms with van der Waals surface area (Å²) in [6.07, 6.45) is 0.